The number of ether oxygens (including phenoxy) is 2. The molecule has 2 rings (SSSR count). The summed E-state index contributed by atoms with van der Waals surface area (Å²) in [5.74, 6) is 0.824. The van der Waals surface area contributed by atoms with Crippen molar-refractivity contribution in [3.8, 4) is 5.75 Å². The van der Waals surface area contributed by atoms with E-state index in [9.17, 15) is 4.79 Å². The van der Waals surface area contributed by atoms with Crippen molar-refractivity contribution >= 4 is 5.91 Å². The van der Waals surface area contributed by atoms with Gasteiger partial charge in [0.05, 0.1) is 7.11 Å². The van der Waals surface area contributed by atoms with Gasteiger partial charge in [-0.15, -0.1) is 0 Å². The molecule has 0 saturated carbocycles. The predicted octanol–water partition coefficient (Wildman–Crippen LogP) is 1.86. The molecular weight excluding hydrogens is 292 g/mol. The third-order valence-corrected chi connectivity index (χ3v) is 4.78. The van der Waals surface area contributed by atoms with Crippen LogP contribution in [0.25, 0.3) is 0 Å². The van der Waals surface area contributed by atoms with Crippen molar-refractivity contribution in [2.45, 2.75) is 37.7 Å². The van der Waals surface area contributed by atoms with Gasteiger partial charge in [-0.25, -0.2) is 0 Å². The topological polar surface area (TPSA) is 59.6 Å². The zero-order chi connectivity index (χ0) is 16.9. The van der Waals surface area contributed by atoms with Crippen molar-refractivity contribution in [1.29, 1.82) is 0 Å². The molecule has 0 spiro atoms. The van der Waals surface area contributed by atoms with Crippen LogP contribution in [0.1, 0.15) is 32.3 Å². The molecule has 0 aliphatic carbocycles. The summed E-state index contributed by atoms with van der Waals surface area (Å²) in [5, 5.41) is 6.35. The van der Waals surface area contributed by atoms with E-state index in [2.05, 4.69) is 24.5 Å². The Hall–Kier alpha value is -1.59. The number of amides is 1. The van der Waals surface area contributed by atoms with Gasteiger partial charge >= 0.3 is 0 Å². The maximum atomic E-state index is 12.6. The standard InChI is InChI=1S/C18H28N2O3/c1-17(2,14-5-7-15(22-3)8-6-14)13-20-16(21)18(23-4)9-11-19-12-10-18/h5-8,19H,9-13H2,1-4H3,(H,20,21). The Balaban J connectivity index is 2.00. The third-order valence-electron chi connectivity index (χ3n) is 4.78. The highest BCUT2D eigenvalue weighted by Crippen LogP contribution is 2.26. The average molecular weight is 320 g/mol. The summed E-state index contributed by atoms with van der Waals surface area (Å²) >= 11 is 0. The molecule has 2 N–H and O–H groups in total. The van der Waals surface area contributed by atoms with Crippen LogP contribution in [0, 0.1) is 0 Å². The van der Waals surface area contributed by atoms with E-state index in [1.165, 1.54) is 0 Å². The summed E-state index contributed by atoms with van der Waals surface area (Å²) in [4.78, 5) is 12.6. The lowest BCUT2D eigenvalue weighted by Gasteiger charge is -2.36. The summed E-state index contributed by atoms with van der Waals surface area (Å²) in [6.45, 7) is 6.43. The molecule has 1 saturated heterocycles. The van der Waals surface area contributed by atoms with Crippen LogP contribution in [0.4, 0.5) is 0 Å². The van der Waals surface area contributed by atoms with Crippen LogP contribution in [0.3, 0.4) is 0 Å². The first kappa shape index (κ1) is 17.8. The highest BCUT2D eigenvalue weighted by atomic mass is 16.5. The van der Waals surface area contributed by atoms with Crippen molar-refractivity contribution in [2.75, 3.05) is 33.9 Å². The Labute approximate surface area is 138 Å². The molecule has 1 aliphatic rings. The van der Waals surface area contributed by atoms with Crippen LogP contribution in [0.5, 0.6) is 5.75 Å². The lowest BCUT2D eigenvalue weighted by molar-refractivity contribution is -0.146. The quantitative estimate of drug-likeness (QED) is 0.840. The highest BCUT2D eigenvalue weighted by molar-refractivity contribution is 5.85. The second-order valence-electron chi connectivity index (χ2n) is 6.74. The van der Waals surface area contributed by atoms with Gasteiger partial charge in [-0.3, -0.25) is 4.79 Å². The Morgan fingerprint density at radius 1 is 1.22 bits per heavy atom. The Kier molecular flexibility index (Phi) is 5.65. The molecule has 1 aliphatic heterocycles. The van der Waals surface area contributed by atoms with Crippen molar-refractivity contribution < 1.29 is 14.3 Å². The predicted molar refractivity (Wildman–Crippen MR) is 90.9 cm³/mol. The zero-order valence-corrected chi connectivity index (χ0v) is 14.6. The van der Waals surface area contributed by atoms with Gasteiger partial charge in [0.1, 0.15) is 11.4 Å². The van der Waals surface area contributed by atoms with Gasteiger partial charge in [0, 0.05) is 19.1 Å². The van der Waals surface area contributed by atoms with Crippen LogP contribution in [-0.2, 0) is 14.9 Å². The molecule has 1 heterocycles. The summed E-state index contributed by atoms with van der Waals surface area (Å²) in [7, 11) is 3.28. The minimum atomic E-state index is -0.693. The minimum Gasteiger partial charge on any atom is -0.497 e. The van der Waals surface area contributed by atoms with Gasteiger partial charge in [0.25, 0.3) is 5.91 Å². The average Bonchev–Trinajstić information content (AvgIpc) is 2.60. The molecule has 128 valence electrons. The SMILES string of the molecule is COc1ccc(C(C)(C)CNC(=O)C2(OC)CCNCC2)cc1. The molecule has 1 aromatic rings. The smallest absolute Gasteiger partial charge is 0.252 e. The number of carbonyl (C=O) groups excluding carboxylic acids is 1. The van der Waals surface area contributed by atoms with Crippen molar-refractivity contribution in [1.82, 2.24) is 10.6 Å². The fourth-order valence-electron chi connectivity index (χ4n) is 2.96. The maximum absolute atomic E-state index is 12.6. The molecule has 0 radical (unpaired) electrons. The van der Waals surface area contributed by atoms with Gasteiger partial charge in [0.15, 0.2) is 0 Å². The first-order valence-electron chi connectivity index (χ1n) is 8.12. The number of nitrogens with one attached hydrogen (secondary N) is 2. The van der Waals surface area contributed by atoms with Gasteiger partial charge in [-0.1, -0.05) is 26.0 Å². The van der Waals surface area contributed by atoms with Crippen LogP contribution in [-0.4, -0.2) is 45.4 Å². The normalized spacial score (nSPS) is 17.6. The molecule has 1 aromatic carbocycles. The Morgan fingerprint density at radius 2 is 1.83 bits per heavy atom. The first-order chi connectivity index (χ1) is 10.9. The van der Waals surface area contributed by atoms with Gasteiger partial charge in [-0.2, -0.15) is 0 Å². The third kappa shape index (κ3) is 4.03. The van der Waals surface area contributed by atoms with E-state index in [-0.39, 0.29) is 11.3 Å². The Morgan fingerprint density at radius 3 is 2.35 bits per heavy atom. The fraction of sp³-hybridized carbons (Fsp3) is 0.611. The summed E-state index contributed by atoms with van der Waals surface area (Å²) < 4.78 is 10.8. The largest absolute Gasteiger partial charge is 0.497 e. The number of piperidine rings is 1. The van der Waals surface area contributed by atoms with E-state index in [1.807, 2.05) is 24.3 Å². The second kappa shape index (κ2) is 7.32. The Bertz CT molecular complexity index is 520. The number of benzene rings is 1. The van der Waals surface area contributed by atoms with Crippen LogP contribution in [0.2, 0.25) is 0 Å². The fourth-order valence-corrected chi connectivity index (χ4v) is 2.96. The molecule has 5 heteroatoms. The number of carbonyl (C=O) groups is 1. The molecule has 5 nitrogen and oxygen atoms in total. The molecule has 23 heavy (non-hydrogen) atoms. The van der Waals surface area contributed by atoms with Crippen molar-refractivity contribution in [3.63, 3.8) is 0 Å². The number of hydrogen-bond acceptors (Lipinski definition) is 4. The van der Waals surface area contributed by atoms with Gasteiger partial charge in [-0.05, 0) is 43.6 Å². The molecular formula is C18H28N2O3. The van der Waals surface area contributed by atoms with E-state index in [4.69, 9.17) is 9.47 Å². The van der Waals surface area contributed by atoms with Gasteiger partial charge < -0.3 is 20.1 Å². The second-order valence-corrected chi connectivity index (χ2v) is 6.74. The van der Waals surface area contributed by atoms with Gasteiger partial charge in [0.2, 0.25) is 0 Å². The van der Waals surface area contributed by atoms with E-state index >= 15 is 0 Å². The van der Waals surface area contributed by atoms with Crippen molar-refractivity contribution in [3.05, 3.63) is 29.8 Å². The monoisotopic (exact) mass is 320 g/mol. The highest BCUT2D eigenvalue weighted by Gasteiger charge is 2.40. The summed E-state index contributed by atoms with van der Waals surface area (Å²) in [6.07, 6.45) is 1.41. The van der Waals surface area contributed by atoms with E-state index in [0.717, 1.165) is 24.4 Å². The number of rotatable bonds is 6. The molecule has 1 fully saturated rings. The van der Waals surface area contributed by atoms with Crippen LogP contribution < -0.4 is 15.4 Å². The maximum Gasteiger partial charge on any atom is 0.252 e. The first-order valence-corrected chi connectivity index (χ1v) is 8.12. The molecule has 1 amide bonds. The minimum absolute atomic E-state index is 0.0110. The van der Waals surface area contributed by atoms with E-state index < -0.39 is 5.60 Å². The molecule has 0 aromatic heterocycles. The summed E-state index contributed by atoms with van der Waals surface area (Å²) in [6, 6.07) is 7.98. The molecule has 0 unspecified atom stereocenters. The zero-order valence-electron chi connectivity index (χ0n) is 14.6. The number of methoxy groups -OCH3 is 2. The molecule has 0 atom stereocenters. The lowest BCUT2D eigenvalue weighted by Crippen LogP contribution is -2.55. The number of hydrogen-bond donors (Lipinski definition) is 2. The van der Waals surface area contributed by atoms with Crippen LogP contribution >= 0.6 is 0 Å². The molecule has 0 bridgehead atoms. The van der Waals surface area contributed by atoms with Crippen molar-refractivity contribution in [2.24, 2.45) is 0 Å². The van der Waals surface area contributed by atoms with E-state index in [0.29, 0.717) is 19.4 Å². The summed E-state index contributed by atoms with van der Waals surface area (Å²) in [5.41, 5.74) is 0.306. The lowest BCUT2D eigenvalue weighted by atomic mass is 9.84. The van der Waals surface area contributed by atoms with Crippen LogP contribution in [0.15, 0.2) is 24.3 Å². The van der Waals surface area contributed by atoms with E-state index in [1.54, 1.807) is 14.2 Å².